The molecule has 2 unspecified atom stereocenters. The van der Waals surface area contributed by atoms with Crippen LogP contribution >= 0.6 is 9.24 Å². The first-order valence-corrected chi connectivity index (χ1v) is 17.0. The first kappa shape index (κ1) is 33.1. The van der Waals surface area contributed by atoms with Crippen LogP contribution in [0.2, 0.25) is 0 Å². The fraction of sp³-hybridized carbons (Fsp3) is 0.472. The monoisotopic (exact) mass is 629 g/mol. The fourth-order valence-corrected chi connectivity index (χ4v) is 6.36. The van der Waals surface area contributed by atoms with E-state index in [1.807, 2.05) is 7.05 Å². The second-order valence-corrected chi connectivity index (χ2v) is 12.9. The zero-order valence-electron chi connectivity index (χ0n) is 27.6. The van der Waals surface area contributed by atoms with Crippen LogP contribution in [-0.4, -0.2) is 76.9 Å². The number of aryl methyl sites for hydroxylation is 2. The molecular formula is C36H48N5O3P. The number of H-pyrrole nitrogens is 2. The lowest BCUT2D eigenvalue weighted by molar-refractivity contribution is -0.130. The maximum absolute atomic E-state index is 13.2. The SMILES string of the molecule is CCc1cc2cc3cc(C)c(cc4nc(c(C)c5nc(cc1[nH]2)C(C)=C5)[C@@H](CCC(=O)N(C)CCOCCOCCP)C4C)[nH]3. The topological polar surface area (TPSA) is 96.1 Å². The Labute approximate surface area is 269 Å². The summed E-state index contributed by atoms with van der Waals surface area (Å²) in [6.45, 7) is 13.7. The van der Waals surface area contributed by atoms with Crippen molar-refractivity contribution in [1.82, 2.24) is 24.8 Å². The highest BCUT2D eigenvalue weighted by molar-refractivity contribution is 7.16. The first-order chi connectivity index (χ1) is 21.7. The molecule has 3 aromatic rings. The van der Waals surface area contributed by atoms with Crippen molar-refractivity contribution >= 4 is 48.9 Å². The number of nitrogens with zero attached hydrogens (tertiary/aromatic N) is 3. The summed E-state index contributed by atoms with van der Waals surface area (Å²) in [5.41, 5.74) is 12.9. The Balaban J connectivity index is 1.47. The van der Waals surface area contributed by atoms with E-state index >= 15 is 0 Å². The minimum atomic E-state index is 0.109. The second-order valence-electron chi connectivity index (χ2n) is 12.3. The van der Waals surface area contributed by atoms with Crippen LogP contribution in [0.1, 0.15) is 84.9 Å². The van der Waals surface area contributed by atoms with Gasteiger partial charge in [0.15, 0.2) is 0 Å². The van der Waals surface area contributed by atoms with Gasteiger partial charge in [-0.15, -0.1) is 9.24 Å². The molecule has 8 nitrogen and oxygen atoms in total. The molecule has 3 atom stereocenters. The number of carbonyl (C=O) groups excluding carboxylic acids is 1. The molecule has 0 saturated heterocycles. The van der Waals surface area contributed by atoms with E-state index in [1.54, 1.807) is 4.90 Å². The molecule has 0 saturated carbocycles. The van der Waals surface area contributed by atoms with Crippen LogP contribution in [0.4, 0.5) is 0 Å². The van der Waals surface area contributed by atoms with Crippen molar-refractivity contribution in [3.8, 4) is 0 Å². The number of likely N-dealkylation sites (N-methyl/N-ethyl adjacent to an activating group) is 1. The number of fused-ring (bicyclic) bond motifs is 8. The Kier molecular flexibility index (Phi) is 10.9. The third-order valence-corrected chi connectivity index (χ3v) is 9.27. The molecule has 0 aromatic carbocycles. The highest BCUT2D eigenvalue weighted by Gasteiger charge is 2.31. The van der Waals surface area contributed by atoms with Gasteiger partial charge in [0.05, 0.1) is 37.8 Å². The third-order valence-electron chi connectivity index (χ3n) is 9.03. The Morgan fingerprint density at radius 2 is 1.69 bits per heavy atom. The first-order valence-electron chi connectivity index (χ1n) is 16.2. The molecule has 0 spiro atoms. The Bertz CT molecular complexity index is 1720. The van der Waals surface area contributed by atoms with Gasteiger partial charge in [-0.05, 0) is 98.4 Å². The van der Waals surface area contributed by atoms with Gasteiger partial charge in [0.25, 0.3) is 0 Å². The average molecular weight is 630 g/mol. The minimum Gasteiger partial charge on any atom is -0.379 e. The highest BCUT2D eigenvalue weighted by atomic mass is 31.0. The molecule has 2 N–H and O–H groups in total. The lowest BCUT2D eigenvalue weighted by Gasteiger charge is -2.21. The quantitative estimate of drug-likeness (QED) is 0.165. The van der Waals surface area contributed by atoms with Crippen molar-refractivity contribution in [2.45, 2.75) is 65.7 Å². The van der Waals surface area contributed by atoms with Crippen molar-refractivity contribution in [3.05, 3.63) is 69.8 Å². The molecule has 5 heterocycles. The zero-order valence-corrected chi connectivity index (χ0v) is 28.8. The summed E-state index contributed by atoms with van der Waals surface area (Å²) < 4.78 is 11.1. The minimum absolute atomic E-state index is 0.109. The van der Waals surface area contributed by atoms with E-state index in [-0.39, 0.29) is 17.7 Å². The van der Waals surface area contributed by atoms with Crippen LogP contribution in [0, 0.1) is 13.8 Å². The van der Waals surface area contributed by atoms with E-state index in [1.165, 1.54) is 11.1 Å². The standard InChI is InChI=1S/C36H48N5O3P/c1-7-26-18-28-19-27-16-22(2)30(37-27)20-33-24(4)29(8-9-35(42)41(6)10-11-43-12-13-44-14-15-45)36(40-33)25(5)32-17-23(3)31(39-32)21-34(26)38-28/h16-21,24,29,37-38H,7-15,45H2,1-6H3/t24?,29-/m0/s1. The van der Waals surface area contributed by atoms with E-state index in [4.69, 9.17) is 19.4 Å². The van der Waals surface area contributed by atoms with E-state index in [9.17, 15) is 4.79 Å². The predicted molar refractivity (Wildman–Crippen MR) is 188 cm³/mol. The molecule has 8 bridgehead atoms. The fourth-order valence-electron chi connectivity index (χ4n) is 6.20. The summed E-state index contributed by atoms with van der Waals surface area (Å²) in [5, 5.41) is 0. The van der Waals surface area contributed by atoms with Crippen molar-refractivity contribution in [2.24, 2.45) is 0 Å². The van der Waals surface area contributed by atoms with Gasteiger partial charge < -0.3 is 24.3 Å². The van der Waals surface area contributed by atoms with E-state index < -0.39 is 0 Å². The van der Waals surface area contributed by atoms with Gasteiger partial charge >= 0.3 is 0 Å². The summed E-state index contributed by atoms with van der Waals surface area (Å²) >= 11 is 0. The number of allylic oxidation sites excluding steroid dienone is 1. The molecule has 0 aliphatic carbocycles. The van der Waals surface area contributed by atoms with Crippen LogP contribution in [0.3, 0.4) is 0 Å². The summed E-state index contributed by atoms with van der Waals surface area (Å²) in [4.78, 5) is 32.5. The number of hydrogen-bond acceptors (Lipinski definition) is 5. The number of amides is 1. The van der Waals surface area contributed by atoms with E-state index in [0.717, 1.165) is 68.6 Å². The summed E-state index contributed by atoms with van der Waals surface area (Å²) in [7, 11) is 4.50. The third kappa shape index (κ3) is 7.74. The number of carbonyl (C=O) groups is 1. The van der Waals surface area contributed by atoms with Crippen LogP contribution in [0.25, 0.3) is 33.7 Å². The largest absolute Gasteiger partial charge is 0.379 e. The molecule has 5 rings (SSSR count). The van der Waals surface area contributed by atoms with Gasteiger partial charge in [0, 0.05) is 65.3 Å². The number of nitrogens with one attached hydrogen (secondary N) is 2. The van der Waals surface area contributed by atoms with Crippen molar-refractivity contribution < 1.29 is 14.3 Å². The maximum atomic E-state index is 13.2. The normalized spacial score (nSPS) is 16.2. The molecule has 2 aliphatic heterocycles. The van der Waals surface area contributed by atoms with Crippen molar-refractivity contribution in [1.29, 1.82) is 0 Å². The lowest BCUT2D eigenvalue weighted by Crippen LogP contribution is -2.30. The number of aromatic nitrogens is 4. The Morgan fingerprint density at radius 3 is 2.44 bits per heavy atom. The molecule has 3 aromatic heterocycles. The molecule has 2 aliphatic rings. The molecule has 0 fully saturated rings. The molecule has 9 heteroatoms. The van der Waals surface area contributed by atoms with Crippen LogP contribution in [-0.2, 0) is 20.7 Å². The van der Waals surface area contributed by atoms with Gasteiger partial charge in [-0.1, -0.05) is 13.8 Å². The molecule has 0 radical (unpaired) electrons. The van der Waals surface area contributed by atoms with Crippen LogP contribution in [0.5, 0.6) is 0 Å². The number of aromatic amines is 2. The highest BCUT2D eigenvalue weighted by Crippen LogP contribution is 2.41. The number of hydrogen-bond donors (Lipinski definition) is 2. The van der Waals surface area contributed by atoms with Gasteiger partial charge in [0.1, 0.15) is 0 Å². The lowest BCUT2D eigenvalue weighted by atomic mass is 9.85. The van der Waals surface area contributed by atoms with E-state index in [0.29, 0.717) is 45.8 Å². The van der Waals surface area contributed by atoms with E-state index in [2.05, 4.69) is 90.2 Å². The Hall–Kier alpha value is -3.32. The molecular weight excluding hydrogens is 581 g/mol. The number of rotatable bonds is 12. The van der Waals surface area contributed by atoms with Gasteiger partial charge in [-0.25, -0.2) is 4.98 Å². The summed E-state index contributed by atoms with van der Waals surface area (Å²) in [6.07, 6.45) is 5.18. The molecule has 240 valence electrons. The Morgan fingerprint density at radius 1 is 0.956 bits per heavy atom. The predicted octanol–water partition coefficient (Wildman–Crippen LogP) is 7.09. The maximum Gasteiger partial charge on any atom is 0.222 e. The van der Waals surface area contributed by atoms with Gasteiger partial charge in [-0.3, -0.25) is 9.78 Å². The van der Waals surface area contributed by atoms with Crippen molar-refractivity contribution in [3.63, 3.8) is 0 Å². The van der Waals surface area contributed by atoms with Crippen LogP contribution in [0.15, 0.2) is 30.3 Å². The summed E-state index contributed by atoms with van der Waals surface area (Å²) in [5.74, 6) is 0.384. The zero-order chi connectivity index (χ0) is 32.1. The van der Waals surface area contributed by atoms with Crippen molar-refractivity contribution in [2.75, 3.05) is 46.2 Å². The second kappa shape index (κ2) is 14.8. The number of ether oxygens (including phenoxy) is 2. The van der Waals surface area contributed by atoms with Crippen LogP contribution < -0.4 is 0 Å². The van der Waals surface area contributed by atoms with Gasteiger partial charge in [-0.2, -0.15) is 0 Å². The van der Waals surface area contributed by atoms with Gasteiger partial charge in [0.2, 0.25) is 5.91 Å². The summed E-state index contributed by atoms with van der Waals surface area (Å²) in [6, 6.07) is 10.9. The molecule has 1 amide bonds. The smallest absolute Gasteiger partial charge is 0.222 e. The molecule has 45 heavy (non-hydrogen) atoms. The average Bonchev–Trinajstić information content (AvgIpc) is 3.76.